The van der Waals surface area contributed by atoms with Crippen molar-refractivity contribution in [3.63, 3.8) is 0 Å². The number of hydrogen-bond acceptors (Lipinski definition) is 2. The summed E-state index contributed by atoms with van der Waals surface area (Å²) >= 11 is 5.85. The van der Waals surface area contributed by atoms with Crippen molar-refractivity contribution >= 4 is 17.5 Å². The van der Waals surface area contributed by atoms with Gasteiger partial charge in [0.15, 0.2) is 0 Å². The second-order valence-corrected chi connectivity index (χ2v) is 3.77. The molecule has 0 saturated carbocycles. The van der Waals surface area contributed by atoms with Gasteiger partial charge in [0.05, 0.1) is 0 Å². The van der Waals surface area contributed by atoms with E-state index in [1.165, 1.54) is 12.1 Å². The molecule has 0 aliphatic rings. The Morgan fingerprint density at radius 3 is 2.60 bits per heavy atom. The third-order valence-corrected chi connectivity index (χ3v) is 2.78. The summed E-state index contributed by atoms with van der Waals surface area (Å²) in [6, 6.07) is 3.83. The van der Waals surface area contributed by atoms with Crippen LogP contribution in [-0.2, 0) is 10.3 Å². The number of nitrogens with two attached hydrogens (primary N) is 1. The summed E-state index contributed by atoms with van der Waals surface area (Å²) in [4.78, 5) is 11.3. The van der Waals surface area contributed by atoms with Gasteiger partial charge in [-0.2, -0.15) is 0 Å². The molecule has 1 aromatic carbocycles. The Morgan fingerprint density at radius 2 is 2.20 bits per heavy atom. The number of carbonyl (C=O) groups is 1. The summed E-state index contributed by atoms with van der Waals surface area (Å²) in [5.74, 6) is -1.02. The molecule has 1 unspecified atom stereocenters. The molecule has 0 aromatic heterocycles. The Hall–Kier alpha value is -1.13. The predicted octanol–water partition coefficient (Wildman–Crippen LogP) is 1.40. The average molecular weight is 231 g/mol. The van der Waals surface area contributed by atoms with E-state index in [-0.39, 0.29) is 5.02 Å². The molecule has 0 heterocycles. The number of carbonyl (C=O) groups excluding carboxylic acids is 1. The van der Waals surface area contributed by atoms with E-state index < -0.39 is 17.3 Å². The summed E-state index contributed by atoms with van der Waals surface area (Å²) in [6.07, 6.45) is 0. The number of halogens is 2. The monoisotopic (exact) mass is 230 g/mol. The fraction of sp³-hybridized carbons (Fsp3) is 0.300. The van der Waals surface area contributed by atoms with Crippen LogP contribution in [0.2, 0.25) is 5.02 Å². The van der Waals surface area contributed by atoms with Crippen molar-refractivity contribution in [1.29, 1.82) is 0 Å². The van der Waals surface area contributed by atoms with Crippen LogP contribution in [0.3, 0.4) is 0 Å². The molecular formula is C10H12ClFN2O. The number of nitrogens with one attached hydrogen (secondary N) is 1. The lowest BCUT2D eigenvalue weighted by Gasteiger charge is -2.26. The Labute approximate surface area is 92.4 Å². The van der Waals surface area contributed by atoms with E-state index in [0.717, 1.165) is 6.07 Å². The van der Waals surface area contributed by atoms with Crippen molar-refractivity contribution < 1.29 is 9.18 Å². The SMILES string of the molecule is CNC(C)(C(N)=O)c1ccc(F)cc1Cl. The lowest BCUT2D eigenvalue weighted by Crippen LogP contribution is -2.48. The molecule has 5 heteroatoms. The molecule has 1 rings (SSSR count). The van der Waals surface area contributed by atoms with E-state index in [2.05, 4.69) is 5.32 Å². The van der Waals surface area contributed by atoms with Gasteiger partial charge in [-0.1, -0.05) is 17.7 Å². The van der Waals surface area contributed by atoms with Crippen LogP contribution in [0.5, 0.6) is 0 Å². The van der Waals surface area contributed by atoms with E-state index in [9.17, 15) is 9.18 Å². The molecule has 0 aliphatic carbocycles. The average Bonchev–Trinajstić information content (AvgIpc) is 2.16. The van der Waals surface area contributed by atoms with Gasteiger partial charge in [-0.05, 0) is 26.1 Å². The number of likely N-dealkylation sites (N-methyl/N-ethyl adjacent to an activating group) is 1. The Morgan fingerprint density at radius 1 is 1.60 bits per heavy atom. The topological polar surface area (TPSA) is 55.1 Å². The molecular weight excluding hydrogens is 219 g/mol. The molecule has 3 N–H and O–H groups in total. The Kier molecular flexibility index (Phi) is 3.31. The van der Waals surface area contributed by atoms with Gasteiger partial charge in [0.1, 0.15) is 11.4 Å². The highest BCUT2D eigenvalue weighted by atomic mass is 35.5. The van der Waals surface area contributed by atoms with Crippen molar-refractivity contribution in [3.05, 3.63) is 34.6 Å². The molecule has 0 saturated heterocycles. The van der Waals surface area contributed by atoms with Crippen LogP contribution >= 0.6 is 11.6 Å². The van der Waals surface area contributed by atoms with Gasteiger partial charge in [-0.25, -0.2) is 4.39 Å². The van der Waals surface area contributed by atoms with Gasteiger partial charge in [-0.15, -0.1) is 0 Å². The Bertz CT molecular complexity index is 397. The first-order valence-corrected chi connectivity index (χ1v) is 4.74. The fourth-order valence-corrected chi connectivity index (χ4v) is 1.64. The summed E-state index contributed by atoms with van der Waals surface area (Å²) < 4.78 is 12.8. The highest BCUT2D eigenvalue weighted by Gasteiger charge is 2.33. The van der Waals surface area contributed by atoms with Crippen LogP contribution in [-0.4, -0.2) is 13.0 Å². The van der Waals surface area contributed by atoms with E-state index in [1.54, 1.807) is 14.0 Å². The quantitative estimate of drug-likeness (QED) is 0.825. The fourth-order valence-electron chi connectivity index (χ4n) is 1.29. The number of benzene rings is 1. The van der Waals surface area contributed by atoms with Gasteiger partial charge in [0.25, 0.3) is 0 Å². The second kappa shape index (κ2) is 4.16. The first-order chi connectivity index (χ1) is 6.91. The van der Waals surface area contributed by atoms with Gasteiger partial charge in [0, 0.05) is 10.6 Å². The maximum atomic E-state index is 12.8. The smallest absolute Gasteiger partial charge is 0.242 e. The van der Waals surface area contributed by atoms with Crippen LogP contribution < -0.4 is 11.1 Å². The first kappa shape index (κ1) is 11.9. The van der Waals surface area contributed by atoms with Crippen molar-refractivity contribution in [2.75, 3.05) is 7.05 Å². The molecule has 1 atom stereocenters. The van der Waals surface area contributed by atoms with Crippen LogP contribution in [0, 0.1) is 5.82 Å². The summed E-state index contributed by atoms with van der Waals surface area (Å²) in [5.41, 5.74) is 4.63. The van der Waals surface area contributed by atoms with Gasteiger partial charge in [-0.3, -0.25) is 4.79 Å². The number of rotatable bonds is 3. The predicted molar refractivity (Wildman–Crippen MR) is 57.0 cm³/mol. The minimum Gasteiger partial charge on any atom is -0.368 e. The molecule has 1 aromatic rings. The minimum atomic E-state index is -1.09. The Balaban J connectivity index is 3.30. The summed E-state index contributed by atoms with van der Waals surface area (Å²) in [5, 5.41) is 2.94. The molecule has 1 amide bonds. The van der Waals surface area contributed by atoms with Gasteiger partial charge in [0.2, 0.25) is 5.91 Å². The van der Waals surface area contributed by atoms with Crippen LogP contribution in [0.4, 0.5) is 4.39 Å². The lowest BCUT2D eigenvalue weighted by molar-refractivity contribution is -0.123. The maximum Gasteiger partial charge on any atom is 0.242 e. The molecule has 0 fully saturated rings. The highest BCUT2D eigenvalue weighted by molar-refractivity contribution is 6.31. The third kappa shape index (κ3) is 2.11. The number of amides is 1. The minimum absolute atomic E-state index is 0.172. The maximum absolute atomic E-state index is 12.8. The van der Waals surface area contributed by atoms with Crippen molar-refractivity contribution in [2.45, 2.75) is 12.5 Å². The standard InChI is InChI=1S/C10H12ClFN2O/c1-10(14-2,9(13)15)7-4-3-6(12)5-8(7)11/h3-5,14H,1-2H3,(H2,13,15). The van der Waals surface area contributed by atoms with Crippen molar-refractivity contribution in [3.8, 4) is 0 Å². The molecule has 0 radical (unpaired) electrons. The molecule has 82 valence electrons. The second-order valence-electron chi connectivity index (χ2n) is 3.36. The van der Waals surface area contributed by atoms with E-state index in [4.69, 9.17) is 17.3 Å². The summed E-state index contributed by atoms with van der Waals surface area (Å²) in [7, 11) is 1.59. The van der Waals surface area contributed by atoms with Gasteiger partial charge < -0.3 is 11.1 Å². The van der Waals surface area contributed by atoms with E-state index in [1.807, 2.05) is 0 Å². The molecule has 0 bridgehead atoms. The molecule has 3 nitrogen and oxygen atoms in total. The highest BCUT2D eigenvalue weighted by Crippen LogP contribution is 2.28. The zero-order valence-corrected chi connectivity index (χ0v) is 9.23. The van der Waals surface area contributed by atoms with Crippen molar-refractivity contribution in [1.82, 2.24) is 5.32 Å². The normalized spacial score (nSPS) is 14.7. The lowest BCUT2D eigenvalue weighted by atomic mass is 9.91. The van der Waals surface area contributed by atoms with Gasteiger partial charge >= 0.3 is 0 Å². The summed E-state index contributed by atoms with van der Waals surface area (Å²) in [6.45, 7) is 1.59. The molecule has 0 spiro atoms. The zero-order valence-electron chi connectivity index (χ0n) is 8.47. The van der Waals surface area contributed by atoms with Crippen LogP contribution in [0.15, 0.2) is 18.2 Å². The van der Waals surface area contributed by atoms with E-state index >= 15 is 0 Å². The third-order valence-electron chi connectivity index (χ3n) is 2.46. The van der Waals surface area contributed by atoms with Crippen LogP contribution in [0.1, 0.15) is 12.5 Å². The zero-order chi connectivity index (χ0) is 11.6. The molecule has 15 heavy (non-hydrogen) atoms. The van der Waals surface area contributed by atoms with Crippen molar-refractivity contribution in [2.24, 2.45) is 5.73 Å². The van der Waals surface area contributed by atoms with Crippen LogP contribution in [0.25, 0.3) is 0 Å². The first-order valence-electron chi connectivity index (χ1n) is 4.36. The number of primary amides is 1. The molecule has 0 aliphatic heterocycles. The largest absolute Gasteiger partial charge is 0.368 e. The van der Waals surface area contributed by atoms with E-state index in [0.29, 0.717) is 5.56 Å². The number of hydrogen-bond donors (Lipinski definition) is 2.